The van der Waals surface area contributed by atoms with E-state index in [9.17, 15) is 0 Å². The Kier molecular flexibility index (Phi) is 4.46. The van der Waals surface area contributed by atoms with Crippen LogP contribution in [0.4, 0.5) is 0 Å². The molecule has 0 heterocycles. The van der Waals surface area contributed by atoms with Crippen molar-refractivity contribution in [3.8, 4) is 5.75 Å². The fourth-order valence-electron chi connectivity index (χ4n) is 1.30. The zero-order chi connectivity index (χ0) is 10.6. The fourth-order valence-corrected chi connectivity index (χ4v) is 1.67. The van der Waals surface area contributed by atoms with Crippen LogP contribution in [0.25, 0.3) is 0 Å². The average molecular weight is 257 g/mol. The van der Waals surface area contributed by atoms with Gasteiger partial charge in [-0.3, -0.25) is 0 Å². The summed E-state index contributed by atoms with van der Waals surface area (Å²) in [6.07, 6.45) is 1.30. The lowest BCUT2D eigenvalue weighted by atomic mass is 10.1. The van der Waals surface area contributed by atoms with Gasteiger partial charge in [-0.1, -0.05) is 35.0 Å². The fraction of sp³-hybridized carbons (Fsp3) is 0.500. The summed E-state index contributed by atoms with van der Waals surface area (Å²) in [6.45, 7) is 6.22. The summed E-state index contributed by atoms with van der Waals surface area (Å²) in [5.41, 5.74) is 1.34. The van der Waals surface area contributed by atoms with E-state index < -0.39 is 0 Å². The van der Waals surface area contributed by atoms with Crippen LogP contribution in [0.2, 0.25) is 0 Å². The number of alkyl halides is 1. The van der Waals surface area contributed by atoms with Crippen LogP contribution in [0.15, 0.2) is 24.3 Å². The molecule has 1 rings (SSSR count). The van der Waals surface area contributed by atoms with Gasteiger partial charge in [0.05, 0.1) is 6.10 Å². The zero-order valence-electron chi connectivity index (χ0n) is 8.96. The molecule has 0 aliphatic heterocycles. The number of benzene rings is 1. The molecule has 1 unspecified atom stereocenters. The average Bonchev–Trinajstić information content (AvgIpc) is 2.06. The molecule has 0 aliphatic carbocycles. The van der Waals surface area contributed by atoms with Gasteiger partial charge in [0.25, 0.3) is 0 Å². The molecule has 0 amide bonds. The first-order valence-corrected chi connectivity index (χ1v) is 5.89. The summed E-state index contributed by atoms with van der Waals surface area (Å²) in [7, 11) is 0. The van der Waals surface area contributed by atoms with E-state index in [-0.39, 0.29) is 6.10 Å². The third kappa shape index (κ3) is 4.14. The van der Waals surface area contributed by atoms with Crippen molar-refractivity contribution in [2.24, 2.45) is 0 Å². The molecular formula is C12H17BrO. The molecule has 14 heavy (non-hydrogen) atoms. The van der Waals surface area contributed by atoms with E-state index in [4.69, 9.17) is 4.74 Å². The van der Waals surface area contributed by atoms with Crippen LogP contribution in [0.3, 0.4) is 0 Å². The summed E-state index contributed by atoms with van der Waals surface area (Å²) in [5, 5.41) is 0. The van der Waals surface area contributed by atoms with E-state index >= 15 is 0 Å². The van der Waals surface area contributed by atoms with Crippen LogP contribution in [0.5, 0.6) is 5.75 Å². The van der Waals surface area contributed by atoms with Crippen molar-refractivity contribution in [2.75, 3.05) is 0 Å². The van der Waals surface area contributed by atoms with E-state index in [1.54, 1.807) is 0 Å². The second-order valence-electron chi connectivity index (χ2n) is 3.80. The number of rotatable bonds is 4. The molecule has 0 aliphatic rings. The van der Waals surface area contributed by atoms with E-state index in [0.29, 0.717) is 4.83 Å². The first-order valence-electron chi connectivity index (χ1n) is 4.97. The molecule has 0 saturated heterocycles. The standard InChI is InChI=1S/C12H17BrO/c1-9(2)14-12-6-4-11(5-7-12)8-10(3)13/h4-7,9-10H,8H2,1-3H3. The van der Waals surface area contributed by atoms with Crippen LogP contribution in [0.1, 0.15) is 26.3 Å². The van der Waals surface area contributed by atoms with Gasteiger partial charge in [0.1, 0.15) is 5.75 Å². The van der Waals surface area contributed by atoms with Crippen molar-refractivity contribution in [3.05, 3.63) is 29.8 Å². The molecule has 0 spiro atoms. The summed E-state index contributed by atoms with van der Waals surface area (Å²) in [6, 6.07) is 8.31. The van der Waals surface area contributed by atoms with Crippen molar-refractivity contribution < 1.29 is 4.74 Å². The highest BCUT2D eigenvalue weighted by atomic mass is 79.9. The van der Waals surface area contributed by atoms with Gasteiger partial charge in [0.2, 0.25) is 0 Å². The predicted octanol–water partition coefficient (Wildman–Crippen LogP) is 3.80. The number of hydrogen-bond acceptors (Lipinski definition) is 1. The van der Waals surface area contributed by atoms with Gasteiger partial charge in [-0.05, 0) is 38.0 Å². The Morgan fingerprint density at radius 1 is 1.14 bits per heavy atom. The Morgan fingerprint density at radius 2 is 1.71 bits per heavy atom. The summed E-state index contributed by atoms with van der Waals surface area (Å²) in [5.74, 6) is 0.950. The highest BCUT2D eigenvalue weighted by Crippen LogP contribution is 2.16. The summed E-state index contributed by atoms with van der Waals surface area (Å²) >= 11 is 3.54. The Morgan fingerprint density at radius 3 is 2.14 bits per heavy atom. The van der Waals surface area contributed by atoms with Gasteiger partial charge in [0, 0.05) is 4.83 Å². The van der Waals surface area contributed by atoms with Gasteiger partial charge >= 0.3 is 0 Å². The maximum Gasteiger partial charge on any atom is 0.119 e. The Hall–Kier alpha value is -0.500. The van der Waals surface area contributed by atoms with Crippen LogP contribution in [-0.4, -0.2) is 10.9 Å². The van der Waals surface area contributed by atoms with Crippen LogP contribution in [-0.2, 0) is 6.42 Å². The topological polar surface area (TPSA) is 9.23 Å². The van der Waals surface area contributed by atoms with Crippen molar-refractivity contribution in [2.45, 2.75) is 38.1 Å². The van der Waals surface area contributed by atoms with Gasteiger partial charge in [-0.15, -0.1) is 0 Å². The van der Waals surface area contributed by atoms with Gasteiger partial charge in [-0.2, -0.15) is 0 Å². The first kappa shape index (κ1) is 11.6. The quantitative estimate of drug-likeness (QED) is 0.745. The Balaban J connectivity index is 2.59. The molecule has 0 saturated carbocycles. The molecular weight excluding hydrogens is 240 g/mol. The van der Waals surface area contributed by atoms with Crippen molar-refractivity contribution in [3.63, 3.8) is 0 Å². The van der Waals surface area contributed by atoms with Crippen LogP contribution < -0.4 is 4.74 Å². The third-order valence-electron chi connectivity index (χ3n) is 1.81. The number of ether oxygens (including phenoxy) is 1. The summed E-state index contributed by atoms with van der Waals surface area (Å²) < 4.78 is 5.56. The van der Waals surface area contributed by atoms with Crippen molar-refractivity contribution in [1.82, 2.24) is 0 Å². The van der Waals surface area contributed by atoms with Crippen LogP contribution in [0, 0.1) is 0 Å². The molecule has 1 aromatic rings. The second kappa shape index (κ2) is 5.40. The molecule has 0 N–H and O–H groups in total. The highest BCUT2D eigenvalue weighted by Gasteiger charge is 2.00. The van der Waals surface area contributed by atoms with E-state index in [1.807, 2.05) is 26.0 Å². The molecule has 0 aromatic heterocycles. The SMILES string of the molecule is CC(Br)Cc1ccc(OC(C)C)cc1. The molecule has 2 heteroatoms. The predicted molar refractivity (Wildman–Crippen MR) is 64.3 cm³/mol. The molecule has 1 atom stereocenters. The minimum atomic E-state index is 0.246. The first-order chi connectivity index (χ1) is 6.58. The minimum Gasteiger partial charge on any atom is -0.491 e. The van der Waals surface area contributed by atoms with Crippen LogP contribution >= 0.6 is 15.9 Å². The molecule has 78 valence electrons. The maximum atomic E-state index is 5.56. The Labute approximate surface area is 94.6 Å². The van der Waals surface area contributed by atoms with Gasteiger partial charge < -0.3 is 4.74 Å². The van der Waals surface area contributed by atoms with Crippen molar-refractivity contribution >= 4 is 15.9 Å². The third-order valence-corrected chi connectivity index (χ3v) is 2.14. The van der Waals surface area contributed by atoms with E-state index in [1.165, 1.54) is 5.56 Å². The number of hydrogen-bond donors (Lipinski definition) is 0. The minimum absolute atomic E-state index is 0.246. The summed E-state index contributed by atoms with van der Waals surface area (Å²) in [4.78, 5) is 0.527. The highest BCUT2D eigenvalue weighted by molar-refractivity contribution is 9.09. The second-order valence-corrected chi connectivity index (χ2v) is 5.36. The van der Waals surface area contributed by atoms with Gasteiger partial charge in [-0.25, -0.2) is 0 Å². The lowest BCUT2D eigenvalue weighted by molar-refractivity contribution is 0.242. The molecule has 0 fully saturated rings. The van der Waals surface area contributed by atoms with E-state index in [2.05, 4.69) is 35.0 Å². The molecule has 0 bridgehead atoms. The monoisotopic (exact) mass is 256 g/mol. The molecule has 1 nitrogen and oxygen atoms in total. The smallest absolute Gasteiger partial charge is 0.119 e. The van der Waals surface area contributed by atoms with Crippen molar-refractivity contribution in [1.29, 1.82) is 0 Å². The molecule has 0 radical (unpaired) electrons. The number of halogens is 1. The maximum absolute atomic E-state index is 5.56. The largest absolute Gasteiger partial charge is 0.491 e. The molecule has 1 aromatic carbocycles. The van der Waals surface area contributed by atoms with Gasteiger partial charge in [0.15, 0.2) is 0 Å². The normalized spacial score (nSPS) is 12.9. The van der Waals surface area contributed by atoms with E-state index in [0.717, 1.165) is 12.2 Å². The lowest BCUT2D eigenvalue weighted by Gasteiger charge is -2.10. The Bertz CT molecular complexity index is 235. The zero-order valence-corrected chi connectivity index (χ0v) is 10.5. The lowest BCUT2D eigenvalue weighted by Crippen LogP contribution is -2.05.